The van der Waals surface area contributed by atoms with Gasteiger partial charge in [-0.1, -0.05) is 23.4 Å². The molecule has 0 aliphatic rings. The normalized spacial score (nSPS) is 13.2. The van der Waals surface area contributed by atoms with Gasteiger partial charge in [-0.15, -0.1) is 0 Å². The highest BCUT2D eigenvalue weighted by Crippen LogP contribution is 2.27. The van der Waals surface area contributed by atoms with Gasteiger partial charge < -0.3 is 4.84 Å². The minimum absolute atomic E-state index is 0.203. The van der Waals surface area contributed by atoms with E-state index >= 15 is 0 Å². The van der Waals surface area contributed by atoms with E-state index in [0.29, 0.717) is 0 Å². The van der Waals surface area contributed by atoms with E-state index in [1.165, 1.54) is 29.8 Å². The SMILES string of the molecule is CCO/N=C(\C)c1ccccc1NS(=O)(=O)C(F)(F)F. The predicted molar refractivity (Wildman–Crippen MR) is 68.9 cm³/mol. The Hall–Kier alpha value is -1.77. The highest BCUT2D eigenvalue weighted by Gasteiger charge is 2.46. The van der Waals surface area contributed by atoms with Crippen LogP contribution in [0.5, 0.6) is 0 Å². The zero-order valence-electron chi connectivity index (χ0n) is 10.7. The first kappa shape index (κ1) is 16.3. The summed E-state index contributed by atoms with van der Waals surface area (Å²) in [6.07, 6.45) is 0. The second-order valence-electron chi connectivity index (χ2n) is 3.69. The van der Waals surface area contributed by atoms with Gasteiger partial charge in [0.25, 0.3) is 0 Å². The molecule has 9 heteroatoms. The Morgan fingerprint density at radius 3 is 2.50 bits per heavy atom. The number of oxime groups is 1. The summed E-state index contributed by atoms with van der Waals surface area (Å²) >= 11 is 0. The molecule has 0 aliphatic carbocycles. The number of anilines is 1. The first-order chi connectivity index (χ1) is 9.19. The van der Waals surface area contributed by atoms with Crippen molar-refractivity contribution in [2.75, 3.05) is 11.3 Å². The van der Waals surface area contributed by atoms with Crippen LogP contribution in [0.15, 0.2) is 29.4 Å². The molecule has 0 radical (unpaired) electrons. The fourth-order valence-electron chi connectivity index (χ4n) is 1.30. The third kappa shape index (κ3) is 3.86. The smallest absolute Gasteiger partial charge is 0.396 e. The topological polar surface area (TPSA) is 67.8 Å². The molecule has 20 heavy (non-hydrogen) atoms. The molecule has 1 aromatic rings. The summed E-state index contributed by atoms with van der Waals surface area (Å²) < 4.78 is 60.7. The van der Waals surface area contributed by atoms with Gasteiger partial charge in [0.15, 0.2) is 0 Å². The van der Waals surface area contributed by atoms with Crippen molar-refractivity contribution in [3.8, 4) is 0 Å². The Morgan fingerprint density at radius 1 is 1.35 bits per heavy atom. The summed E-state index contributed by atoms with van der Waals surface area (Å²) in [6, 6.07) is 5.60. The van der Waals surface area contributed by atoms with Gasteiger partial charge in [-0.25, -0.2) is 0 Å². The van der Waals surface area contributed by atoms with Crippen LogP contribution in [0.2, 0.25) is 0 Å². The van der Waals surface area contributed by atoms with Gasteiger partial charge in [-0.05, 0) is 19.9 Å². The average Bonchev–Trinajstić information content (AvgIpc) is 2.34. The summed E-state index contributed by atoms with van der Waals surface area (Å²) in [7, 11) is -5.47. The van der Waals surface area contributed by atoms with Crippen LogP contribution in [-0.2, 0) is 14.9 Å². The number of hydrogen-bond donors (Lipinski definition) is 1. The second-order valence-corrected chi connectivity index (χ2v) is 5.37. The van der Waals surface area contributed by atoms with E-state index in [2.05, 4.69) is 5.16 Å². The molecule has 0 aromatic heterocycles. The number of rotatable bonds is 5. The fraction of sp³-hybridized carbons (Fsp3) is 0.364. The van der Waals surface area contributed by atoms with E-state index < -0.39 is 15.5 Å². The lowest BCUT2D eigenvalue weighted by molar-refractivity contribution is -0.0429. The first-order valence-electron chi connectivity index (χ1n) is 5.54. The molecule has 0 aliphatic heterocycles. The van der Waals surface area contributed by atoms with Gasteiger partial charge >= 0.3 is 15.5 Å². The molecule has 0 unspecified atom stereocenters. The minimum atomic E-state index is -5.47. The van der Waals surface area contributed by atoms with Crippen LogP contribution in [0, 0.1) is 0 Å². The number of nitrogens with zero attached hydrogens (tertiary/aromatic N) is 1. The molecule has 5 nitrogen and oxygen atoms in total. The summed E-state index contributed by atoms with van der Waals surface area (Å²) in [6.45, 7) is 3.47. The van der Waals surface area contributed by atoms with Crippen molar-refractivity contribution in [2.24, 2.45) is 5.16 Å². The summed E-state index contributed by atoms with van der Waals surface area (Å²) in [4.78, 5) is 4.79. The van der Waals surface area contributed by atoms with Crippen molar-refractivity contribution in [1.29, 1.82) is 0 Å². The molecular weight excluding hydrogens is 297 g/mol. The van der Waals surface area contributed by atoms with Crippen molar-refractivity contribution >= 4 is 21.4 Å². The van der Waals surface area contributed by atoms with Crippen LogP contribution in [0.25, 0.3) is 0 Å². The third-order valence-electron chi connectivity index (χ3n) is 2.20. The molecular formula is C11H13F3N2O3S. The van der Waals surface area contributed by atoms with Gasteiger partial charge in [0.05, 0.1) is 11.4 Å². The van der Waals surface area contributed by atoms with E-state index in [0.717, 1.165) is 0 Å². The summed E-state index contributed by atoms with van der Waals surface area (Å²) in [5.41, 5.74) is -5.14. The molecule has 1 N–H and O–H groups in total. The maximum atomic E-state index is 12.3. The van der Waals surface area contributed by atoms with Gasteiger partial charge in [0, 0.05) is 5.56 Å². The lowest BCUT2D eigenvalue weighted by Gasteiger charge is -2.13. The van der Waals surface area contributed by atoms with E-state index in [9.17, 15) is 21.6 Å². The average molecular weight is 310 g/mol. The van der Waals surface area contributed by atoms with Crippen LogP contribution in [0.3, 0.4) is 0 Å². The van der Waals surface area contributed by atoms with Gasteiger partial charge in [0.1, 0.15) is 6.61 Å². The lowest BCUT2D eigenvalue weighted by atomic mass is 10.1. The molecule has 0 saturated carbocycles. The first-order valence-corrected chi connectivity index (χ1v) is 7.02. The van der Waals surface area contributed by atoms with Crippen molar-refractivity contribution in [3.63, 3.8) is 0 Å². The van der Waals surface area contributed by atoms with Crippen LogP contribution < -0.4 is 4.72 Å². The quantitative estimate of drug-likeness (QED) is 0.671. The number of nitrogens with one attached hydrogen (secondary N) is 1. The predicted octanol–water partition coefficient (Wildman–Crippen LogP) is 2.71. The molecule has 0 amide bonds. The van der Waals surface area contributed by atoms with Crippen molar-refractivity contribution in [3.05, 3.63) is 29.8 Å². The van der Waals surface area contributed by atoms with Crippen molar-refractivity contribution in [2.45, 2.75) is 19.4 Å². The number of para-hydroxylation sites is 1. The van der Waals surface area contributed by atoms with Crippen molar-refractivity contribution < 1.29 is 26.4 Å². The number of benzene rings is 1. The summed E-state index contributed by atoms with van der Waals surface area (Å²) in [5, 5.41) is 3.67. The number of halogens is 3. The molecule has 0 saturated heterocycles. The van der Waals surface area contributed by atoms with E-state index in [-0.39, 0.29) is 23.6 Å². The third-order valence-corrected chi connectivity index (χ3v) is 3.29. The maximum Gasteiger partial charge on any atom is 0.516 e. The molecule has 0 heterocycles. The van der Waals surface area contributed by atoms with Gasteiger partial charge in [-0.2, -0.15) is 21.6 Å². The largest absolute Gasteiger partial charge is 0.516 e. The van der Waals surface area contributed by atoms with Crippen LogP contribution in [0.4, 0.5) is 18.9 Å². The van der Waals surface area contributed by atoms with Crippen LogP contribution >= 0.6 is 0 Å². The highest BCUT2D eigenvalue weighted by atomic mass is 32.2. The van der Waals surface area contributed by atoms with Crippen LogP contribution in [0.1, 0.15) is 19.4 Å². The van der Waals surface area contributed by atoms with Gasteiger partial charge in [0.2, 0.25) is 0 Å². The Balaban J connectivity index is 3.16. The monoisotopic (exact) mass is 310 g/mol. The molecule has 0 spiro atoms. The Labute approximate surface area is 114 Å². The second kappa shape index (κ2) is 6.12. The molecule has 1 aromatic carbocycles. The van der Waals surface area contributed by atoms with Crippen LogP contribution in [-0.4, -0.2) is 26.2 Å². The Morgan fingerprint density at radius 2 is 1.95 bits per heavy atom. The van der Waals surface area contributed by atoms with E-state index in [4.69, 9.17) is 4.84 Å². The van der Waals surface area contributed by atoms with E-state index in [1.54, 1.807) is 13.0 Å². The zero-order chi connectivity index (χ0) is 15.4. The Bertz CT molecular complexity index is 597. The Kier molecular flexibility index (Phi) is 4.98. The molecule has 1 rings (SSSR count). The minimum Gasteiger partial charge on any atom is -0.396 e. The maximum absolute atomic E-state index is 12.3. The lowest BCUT2D eigenvalue weighted by Crippen LogP contribution is -2.30. The van der Waals surface area contributed by atoms with Crippen molar-refractivity contribution in [1.82, 2.24) is 0 Å². The number of sulfonamides is 1. The van der Waals surface area contributed by atoms with E-state index in [1.807, 2.05) is 0 Å². The number of alkyl halides is 3. The molecule has 0 atom stereocenters. The molecule has 0 fully saturated rings. The number of hydrogen-bond acceptors (Lipinski definition) is 4. The molecule has 112 valence electrons. The molecule has 0 bridgehead atoms. The van der Waals surface area contributed by atoms with Gasteiger partial charge in [-0.3, -0.25) is 4.72 Å². The fourth-order valence-corrected chi connectivity index (χ4v) is 1.88. The standard InChI is InChI=1S/C11H13F3N2O3S/c1-3-19-15-8(2)9-6-4-5-7-10(9)16-20(17,18)11(12,13)14/h4-7,16H,3H2,1-2H3/b15-8+. The summed E-state index contributed by atoms with van der Waals surface area (Å²) in [5.74, 6) is 0. The zero-order valence-corrected chi connectivity index (χ0v) is 11.5. The highest BCUT2D eigenvalue weighted by molar-refractivity contribution is 7.93.